The number of rotatable bonds is 2. The van der Waals surface area contributed by atoms with Gasteiger partial charge < -0.3 is 0 Å². The summed E-state index contributed by atoms with van der Waals surface area (Å²) in [4.78, 5) is 0.180. The van der Waals surface area contributed by atoms with E-state index in [1.54, 1.807) is 4.68 Å². The van der Waals surface area contributed by atoms with Crippen LogP contribution < -0.4 is 0 Å². The third-order valence-electron chi connectivity index (χ3n) is 2.07. The van der Waals surface area contributed by atoms with Gasteiger partial charge in [0.2, 0.25) is 0 Å². The molecular formula is C10H8Br2ClN3. The van der Waals surface area contributed by atoms with E-state index in [4.69, 9.17) is 11.6 Å². The minimum atomic E-state index is 0.180. The SMILES string of the molecule is CC(Br)c1cn(-c2cc(Cl)ccc2Br)nn1. The lowest BCUT2D eigenvalue weighted by molar-refractivity contribution is 0.795. The van der Waals surface area contributed by atoms with Crippen molar-refractivity contribution in [2.45, 2.75) is 11.8 Å². The highest BCUT2D eigenvalue weighted by atomic mass is 79.9. The molecule has 0 saturated heterocycles. The van der Waals surface area contributed by atoms with Crippen molar-refractivity contribution >= 4 is 43.5 Å². The van der Waals surface area contributed by atoms with Crippen molar-refractivity contribution in [1.29, 1.82) is 0 Å². The Morgan fingerprint density at radius 1 is 1.44 bits per heavy atom. The molecule has 0 fully saturated rings. The minimum Gasteiger partial charge on any atom is -0.219 e. The van der Waals surface area contributed by atoms with Crippen molar-refractivity contribution in [1.82, 2.24) is 15.0 Å². The number of halogens is 3. The van der Waals surface area contributed by atoms with Gasteiger partial charge in [-0.15, -0.1) is 5.10 Å². The van der Waals surface area contributed by atoms with Crippen molar-refractivity contribution in [3.63, 3.8) is 0 Å². The molecule has 2 rings (SSSR count). The molecule has 0 bridgehead atoms. The molecule has 6 heteroatoms. The Morgan fingerprint density at radius 3 is 2.81 bits per heavy atom. The maximum Gasteiger partial charge on any atom is 0.0965 e. The van der Waals surface area contributed by atoms with Gasteiger partial charge in [-0.3, -0.25) is 0 Å². The maximum atomic E-state index is 5.94. The standard InChI is InChI=1S/C10H8Br2ClN3/c1-6(11)9-5-16(15-14-9)10-4-7(13)2-3-8(10)12/h2-6H,1H3. The molecular weight excluding hydrogens is 357 g/mol. The van der Waals surface area contributed by atoms with Crippen LogP contribution in [0, 0.1) is 0 Å². The molecule has 2 aromatic rings. The Kier molecular flexibility index (Phi) is 3.66. The van der Waals surface area contributed by atoms with Crippen LogP contribution >= 0.6 is 43.5 Å². The molecule has 1 atom stereocenters. The maximum absolute atomic E-state index is 5.94. The molecule has 0 N–H and O–H groups in total. The van der Waals surface area contributed by atoms with Gasteiger partial charge in [0, 0.05) is 9.50 Å². The third-order valence-corrected chi connectivity index (χ3v) is 3.45. The highest BCUT2D eigenvalue weighted by Crippen LogP contribution is 2.25. The molecule has 0 saturated carbocycles. The lowest BCUT2D eigenvalue weighted by atomic mass is 10.3. The minimum absolute atomic E-state index is 0.180. The van der Waals surface area contributed by atoms with Crippen LogP contribution in [0.4, 0.5) is 0 Å². The fourth-order valence-corrected chi connectivity index (χ4v) is 2.04. The van der Waals surface area contributed by atoms with E-state index in [1.165, 1.54) is 0 Å². The molecule has 0 aliphatic rings. The molecule has 1 aromatic heterocycles. The average molecular weight is 365 g/mol. The van der Waals surface area contributed by atoms with E-state index in [0.29, 0.717) is 5.02 Å². The lowest BCUT2D eigenvalue weighted by Gasteiger charge is -2.03. The summed E-state index contributed by atoms with van der Waals surface area (Å²) < 4.78 is 2.62. The first-order valence-electron chi connectivity index (χ1n) is 4.59. The highest BCUT2D eigenvalue weighted by molar-refractivity contribution is 9.10. The largest absolute Gasteiger partial charge is 0.219 e. The zero-order valence-corrected chi connectivity index (χ0v) is 12.3. The molecule has 0 spiro atoms. The van der Waals surface area contributed by atoms with Crippen molar-refractivity contribution in [2.24, 2.45) is 0 Å². The lowest BCUT2D eigenvalue weighted by Crippen LogP contribution is -1.95. The predicted octanol–water partition coefficient (Wildman–Crippen LogP) is 4.14. The van der Waals surface area contributed by atoms with E-state index in [-0.39, 0.29) is 4.83 Å². The second-order valence-electron chi connectivity index (χ2n) is 3.30. The molecule has 3 nitrogen and oxygen atoms in total. The topological polar surface area (TPSA) is 30.7 Å². The summed E-state index contributed by atoms with van der Waals surface area (Å²) in [6.07, 6.45) is 1.87. The van der Waals surface area contributed by atoms with Crippen LogP contribution in [-0.2, 0) is 0 Å². The molecule has 1 aromatic carbocycles. The summed E-state index contributed by atoms with van der Waals surface area (Å²) in [6, 6.07) is 5.54. The van der Waals surface area contributed by atoms with Gasteiger partial charge in [0.15, 0.2) is 0 Å². The van der Waals surface area contributed by atoms with Crippen LogP contribution in [0.5, 0.6) is 0 Å². The molecule has 16 heavy (non-hydrogen) atoms. The van der Waals surface area contributed by atoms with Gasteiger partial charge in [0.05, 0.1) is 22.4 Å². The monoisotopic (exact) mass is 363 g/mol. The molecule has 0 aliphatic carbocycles. The third kappa shape index (κ3) is 2.47. The average Bonchev–Trinajstić information content (AvgIpc) is 2.70. The summed E-state index contributed by atoms with van der Waals surface area (Å²) in [7, 11) is 0. The van der Waals surface area contributed by atoms with Crippen LogP contribution in [0.3, 0.4) is 0 Å². The van der Waals surface area contributed by atoms with Crippen molar-refractivity contribution in [2.75, 3.05) is 0 Å². The molecule has 84 valence electrons. The van der Waals surface area contributed by atoms with Gasteiger partial charge in [0.1, 0.15) is 0 Å². The van der Waals surface area contributed by atoms with Crippen LogP contribution in [0.2, 0.25) is 5.02 Å². The number of nitrogens with zero attached hydrogens (tertiary/aromatic N) is 3. The normalized spacial score (nSPS) is 12.8. The molecule has 0 amide bonds. The Bertz CT molecular complexity index is 511. The summed E-state index contributed by atoms with van der Waals surface area (Å²) in [5, 5.41) is 8.79. The van der Waals surface area contributed by atoms with Gasteiger partial charge in [-0.2, -0.15) is 0 Å². The molecule has 0 aliphatic heterocycles. The van der Waals surface area contributed by atoms with Gasteiger partial charge in [0.25, 0.3) is 0 Å². The molecule has 1 unspecified atom stereocenters. The zero-order valence-electron chi connectivity index (χ0n) is 8.36. The highest BCUT2D eigenvalue weighted by Gasteiger charge is 2.09. The second kappa shape index (κ2) is 4.85. The van der Waals surface area contributed by atoms with Crippen molar-refractivity contribution < 1.29 is 0 Å². The zero-order chi connectivity index (χ0) is 11.7. The van der Waals surface area contributed by atoms with Gasteiger partial charge >= 0.3 is 0 Å². The quantitative estimate of drug-likeness (QED) is 0.749. The van der Waals surface area contributed by atoms with Crippen LogP contribution in [0.25, 0.3) is 5.69 Å². The van der Waals surface area contributed by atoms with Gasteiger partial charge in [-0.25, -0.2) is 4.68 Å². The van der Waals surface area contributed by atoms with Crippen LogP contribution in [-0.4, -0.2) is 15.0 Å². The summed E-state index contributed by atoms with van der Waals surface area (Å²) in [5.41, 5.74) is 1.76. The fourth-order valence-electron chi connectivity index (χ4n) is 1.24. The Hall–Kier alpha value is -0.390. The van der Waals surface area contributed by atoms with Gasteiger partial charge in [-0.1, -0.05) is 32.7 Å². The summed E-state index contributed by atoms with van der Waals surface area (Å²) in [6.45, 7) is 2.00. The fraction of sp³-hybridized carbons (Fsp3) is 0.200. The van der Waals surface area contributed by atoms with E-state index in [2.05, 4.69) is 42.2 Å². The number of hydrogen-bond donors (Lipinski definition) is 0. The first-order valence-corrected chi connectivity index (χ1v) is 6.68. The number of alkyl halides is 1. The number of benzene rings is 1. The van der Waals surface area contributed by atoms with E-state index >= 15 is 0 Å². The van der Waals surface area contributed by atoms with E-state index in [1.807, 2.05) is 31.3 Å². The Morgan fingerprint density at radius 2 is 2.19 bits per heavy atom. The number of aromatic nitrogens is 3. The van der Waals surface area contributed by atoms with E-state index in [0.717, 1.165) is 15.9 Å². The smallest absolute Gasteiger partial charge is 0.0965 e. The number of hydrogen-bond acceptors (Lipinski definition) is 2. The Labute approximate surface area is 115 Å². The van der Waals surface area contributed by atoms with E-state index < -0.39 is 0 Å². The first kappa shape index (κ1) is 12.1. The molecule has 0 radical (unpaired) electrons. The molecule has 1 heterocycles. The first-order chi connectivity index (χ1) is 7.58. The predicted molar refractivity (Wildman–Crippen MR) is 71.4 cm³/mol. The van der Waals surface area contributed by atoms with E-state index in [9.17, 15) is 0 Å². The summed E-state index contributed by atoms with van der Waals surface area (Å²) in [5.74, 6) is 0. The Balaban J connectivity index is 2.46. The second-order valence-corrected chi connectivity index (χ2v) is 5.96. The van der Waals surface area contributed by atoms with Crippen LogP contribution in [0.1, 0.15) is 17.4 Å². The van der Waals surface area contributed by atoms with Crippen molar-refractivity contribution in [3.05, 3.63) is 39.6 Å². The van der Waals surface area contributed by atoms with Gasteiger partial charge in [-0.05, 0) is 41.1 Å². The van der Waals surface area contributed by atoms with Crippen molar-refractivity contribution in [3.8, 4) is 5.69 Å². The van der Waals surface area contributed by atoms with Crippen LogP contribution in [0.15, 0.2) is 28.9 Å². The summed E-state index contributed by atoms with van der Waals surface area (Å²) >= 11 is 12.8.